The summed E-state index contributed by atoms with van der Waals surface area (Å²) in [5, 5.41) is 4.22. The Hall–Kier alpha value is -7.19. The fourth-order valence-corrected chi connectivity index (χ4v) is 10.7. The van der Waals surface area contributed by atoms with E-state index in [-0.39, 0.29) is 28.9 Å². The third kappa shape index (κ3) is 9.82. The molecule has 0 unspecified atom stereocenters. The Morgan fingerprint density at radius 1 is 0.886 bits per heavy atom. The highest BCUT2D eigenvalue weighted by Crippen LogP contribution is 2.33. The van der Waals surface area contributed by atoms with Gasteiger partial charge in [-0.15, -0.1) is 11.3 Å². The van der Waals surface area contributed by atoms with Gasteiger partial charge in [-0.3, -0.25) is 33.5 Å². The summed E-state index contributed by atoms with van der Waals surface area (Å²) in [6, 6.07) is 22.1. The van der Waals surface area contributed by atoms with Gasteiger partial charge in [-0.05, 0) is 93.5 Å². The molecular weight excluding hydrogens is 958 g/mol. The molecule has 0 radical (unpaired) electrons. The predicted molar refractivity (Wildman–Crippen MR) is 271 cm³/mol. The number of pyridine rings is 3. The molecule has 15 nitrogen and oxygen atoms in total. The summed E-state index contributed by atoms with van der Waals surface area (Å²) in [6.07, 6.45) is 7.56. The number of nitrogens with one attached hydrogen (secondary N) is 3. The standard InChI is InChI=1S/C27H27N7O2S.C23H18ClF2N3O3S/c1-17-14-29-18(15-28-17)16-30-26(36)23-24(35)19-8-9-22(33-11-5-10-32(2)12-13-33)31-25(19)34-20-6-3-4-7-21(20)37-27(23)34;1-2-9-33(31,32)29-19-8-7-18(25)20(21(19)26)22(30)17-12-28-23-16(17)10-14(11-27-23)13-3-5-15(24)6-4-13/h3-4,6-9,14-15H,5,10-13,16H2,1-2H3,(H,30,36);3-8,10-12,29H,2,9H2,1H3,(H,27,28). The zero-order chi connectivity index (χ0) is 49.3. The Morgan fingerprint density at radius 3 is 2.46 bits per heavy atom. The molecule has 1 fully saturated rings. The maximum atomic E-state index is 15.1. The van der Waals surface area contributed by atoms with E-state index in [9.17, 15) is 27.2 Å². The third-order valence-electron chi connectivity index (χ3n) is 11.8. The Morgan fingerprint density at radius 2 is 1.69 bits per heavy atom. The van der Waals surface area contributed by atoms with Crippen molar-refractivity contribution < 1.29 is 26.8 Å². The first-order valence-electron chi connectivity index (χ1n) is 22.3. The summed E-state index contributed by atoms with van der Waals surface area (Å²) >= 11 is 7.36. The van der Waals surface area contributed by atoms with Crippen LogP contribution in [0.15, 0.2) is 108 Å². The van der Waals surface area contributed by atoms with Crippen LogP contribution in [0.5, 0.6) is 0 Å². The van der Waals surface area contributed by atoms with Crippen LogP contribution in [-0.4, -0.2) is 93.3 Å². The van der Waals surface area contributed by atoms with Crippen molar-refractivity contribution in [2.45, 2.75) is 33.2 Å². The Labute approximate surface area is 409 Å². The highest BCUT2D eigenvalue weighted by Gasteiger charge is 2.27. The number of ketones is 1. The number of sulfonamides is 1. The van der Waals surface area contributed by atoms with Crippen molar-refractivity contribution >= 4 is 93.3 Å². The van der Waals surface area contributed by atoms with Crippen LogP contribution in [-0.2, 0) is 16.6 Å². The van der Waals surface area contributed by atoms with Crippen molar-refractivity contribution in [3.63, 3.8) is 0 Å². The lowest BCUT2D eigenvalue weighted by Crippen LogP contribution is -2.31. The van der Waals surface area contributed by atoms with Crippen LogP contribution < -0.4 is 20.4 Å². The fourth-order valence-electron chi connectivity index (χ4n) is 8.25. The molecule has 0 atom stereocenters. The summed E-state index contributed by atoms with van der Waals surface area (Å²) in [6.45, 7) is 7.48. The number of hydrogen-bond donors (Lipinski definition) is 3. The molecule has 3 N–H and O–H groups in total. The largest absolute Gasteiger partial charge is 0.355 e. The molecule has 10 rings (SSSR count). The number of nitrogens with zero attached hydrogens (tertiary/aromatic N) is 7. The van der Waals surface area contributed by atoms with Crippen LogP contribution >= 0.6 is 22.9 Å². The van der Waals surface area contributed by atoms with E-state index in [4.69, 9.17) is 16.6 Å². The average Bonchev–Trinajstić information content (AvgIpc) is 3.88. The van der Waals surface area contributed by atoms with Gasteiger partial charge in [0.15, 0.2) is 11.5 Å². The second kappa shape index (κ2) is 20.0. The van der Waals surface area contributed by atoms with Crippen molar-refractivity contribution in [3.8, 4) is 11.1 Å². The van der Waals surface area contributed by atoms with Gasteiger partial charge < -0.3 is 20.1 Å². The molecule has 0 spiro atoms. The normalized spacial score (nSPS) is 13.4. The zero-order valence-corrected chi connectivity index (χ0v) is 40.5. The molecule has 7 heterocycles. The number of H-pyrrole nitrogens is 1. The number of benzene rings is 3. The minimum absolute atomic E-state index is 0.000297. The first-order chi connectivity index (χ1) is 33.7. The lowest BCUT2D eigenvalue weighted by Gasteiger charge is -2.22. The number of para-hydroxylation sites is 1. The Balaban J connectivity index is 0.000000175. The number of hydrogen-bond acceptors (Lipinski definition) is 12. The minimum Gasteiger partial charge on any atom is -0.355 e. The minimum atomic E-state index is -3.84. The maximum absolute atomic E-state index is 15.1. The molecule has 70 heavy (non-hydrogen) atoms. The van der Waals surface area contributed by atoms with E-state index in [1.165, 1.54) is 17.5 Å². The van der Waals surface area contributed by atoms with Crippen LogP contribution in [0.2, 0.25) is 5.02 Å². The molecule has 0 bridgehead atoms. The highest BCUT2D eigenvalue weighted by atomic mass is 35.5. The smallest absolute Gasteiger partial charge is 0.258 e. The van der Waals surface area contributed by atoms with Gasteiger partial charge in [-0.25, -0.2) is 27.2 Å². The number of rotatable bonds is 11. The van der Waals surface area contributed by atoms with E-state index in [0.717, 1.165) is 72.0 Å². The number of anilines is 2. The molecule has 1 amide bonds. The Kier molecular flexibility index (Phi) is 13.7. The summed E-state index contributed by atoms with van der Waals surface area (Å²) in [4.78, 5) is 66.2. The topological polar surface area (TPSA) is 188 Å². The van der Waals surface area contributed by atoms with Gasteiger partial charge in [-0.1, -0.05) is 42.8 Å². The molecule has 0 aliphatic carbocycles. The van der Waals surface area contributed by atoms with Gasteiger partial charge in [0.1, 0.15) is 27.7 Å². The van der Waals surface area contributed by atoms with Crippen molar-refractivity contribution in [2.24, 2.45) is 0 Å². The molecule has 6 aromatic heterocycles. The molecule has 20 heteroatoms. The van der Waals surface area contributed by atoms with Gasteiger partial charge in [-0.2, -0.15) is 0 Å². The quantitative estimate of drug-likeness (QED) is 0.105. The average molecular weight is 1000 g/mol. The SMILES string of the molecule is CCCS(=O)(=O)Nc1ccc(F)c(C(=O)c2c[nH]c3ncc(-c4ccc(Cl)cc4)cc23)c1F.Cc1cnc(CNC(=O)c2c(=O)c3ccc(N4CCCN(C)CC4)nc3n3c2sc2ccccc23)cn1. The van der Waals surface area contributed by atoms with Crippen LogP contribution in [0.1, 0.15) is 57.4 Å². The second-order valence-electron chi connectivity index (χ2n) is 16.8. The van der Waals surface area contributed by atoms with Crippen LogP contribution in [0.4, 0.5) is 20.3 Å². The molecule has 1 aliphatic heterocycles. The molecular formula is C50H45ClF2N10O5S2. The molecule has 3 aromatic carbocycles. The van der Waals surface area contributed by atoms with E-state index in [1.807, 2.05) is 47.7 Å². The lowest BCUT2D eigenvalue weighted by molar-refractivity contribution is 0.0950. The van der Waals surface area contributed by atoms with E-state index < -0.39 is 44.6 Å². The van der Waals surface area contributed by atoms with Gasteiger partial charge in [0.2, 0.25) is 21.2 Å². The summed E-state index contributed by atoms with van der Waals surface area (Å²) < 4.78 is 58.8. The molecule has 1 aliphatic rings. The number of aromatic nitrogens is 6. The number of amides is 1. The fraction of sp³-hybridized carbons (Fsp3) is 0.220. The maximum Gasteiger partial charge on any atom is 0.258 e. The lowest BCUT2D eigenvalue weighted by atomic mass is 10.00. The number of carbonyl (C=O) groups is 2. The number of thiazole rings is 1. The van der Waals surface area contributed by atoms with E-state index in [2.05, 4.69) is 46.8 Å². The first-order valence-corrected chi connectivity index (χ1v) is 25.2. The number of halogens is 3. The third-order valence-corrected chi connectivity index (χ3v) is 14.7. The number of fused-ring (bicyclic) bond motifs is 6. The molecule has 9 aromatic rings. The predicted octanol–water partition coefficient (Wildman–Crippen LogP) is 8.78. The molecule has 1 saturated heterocycles. The molecule has 358 valence electrons. The number of carbonyl (C=O) groups excluding carboxylic acids is 2. The van der Waals surface area contributed by atoms with Crippen LogP contribution in [0.3, 0.4) is 0 Å². The van der Waals surface area contributed by atoms with Gasteiger partial charge in [0.25, 0.3) is 5.91 Å². The van der Waals surface area contributed by atoms with Crippen molar-refractivity contribution in [3.05, 3.63) is 159 Å². The van der Waals surface area contributed by atoms with E-state index in [1.54, 1.807) is 55.8 Å². The van der Waals surface area contributed by atoms with Crippen LogP contribution in [0, 0.1) is 18.6 Å². The monoisotopic (exact) mass is 1000 g/mol. The number of likely N-dealkylation sites (N-methyl/N-ethyl adjacent to an activating group) is 1. The van der Waals surface area contributed by atoms with E-state index >= 15 is 4.39 Å². The van der Waals surface area contributed by atoms with Gasteiger partial charge in [0.05, 0.1) is 56.7 Å². The zero-order valence-electron chi connectivity index (χ0n) is 38.1. The van der Waals surface area contributed by atoms with Gasteiger partial charge >= 0.3 is 0 Å². The number of aryl methyl sites for hydroxylation is 1. The number of aromatic amines is 1. The highest BCUT2D eigenvalue weighted by molar-refractivity contribution is 7.92. The van der Waals surface area contributed by atoms with Gasteiger partial charge in [0, 0.05) is 59.8 Å². The van der Waals surface area contributed by atoms with Crippen molar-refractivity contribution in [2.75, 3.05) is 48.6 Å². The summed E-state index contributed by atoms with van der Waals surface area (Å²) in [5.74, 6) is -3.15. The molecule has 0 saturated carbocycles. The summed E-state index contributed by atoms with van der Waals surface area (Å²) in [7, 11) is -1.70. The first kappa shape index (κ1) is 47.9. The Bertz CT molecular complexity index is 3640. The second-order valence-corrected chi connectivity index (χ2v) is 20.1. The summed E-state index contributed by atoms with van der Waals surface area (Å²) in [5.41, 5.74) is 3.21. The van der Waals surface area contributed by atoms with E-state index in [0.29, 0.717) is 49.6 Å². The van der Waals surface area contributed by atoms with Crippen LogP contribution in [0.25, 0.3) is 48.2 Å². The van der Waals surface area contributed by atoms with Crippen molar-refractivity contribution in [1.29, 1.82) is 0 Å². The van der Waals surface area contributed by atoms with Crippen molar-refractivity contribution in [1.82, 2.24) is 39.5 Å².